The van der Waals surface area contributed by atoms with E-state index in [-0.39, 0.29) is 5.91 Å². The zero-order valence-electron chi connectivity index (χ0n) is 17.0. The lowest BCUT2D eigenvalue weighted by Gasteiger charge is -2.17. The van der Waals surface area contributed by atoms with E-state index in [1.807, 2.05) is 48.3 Å². The second-order valence-electron chi connectivity index (χ2n) is 7.53. The number of amides is 1. The lowest BCUT2D eigenvalue weighted by atomic mass is 9.99. The summed E-state index contributed by atoms with van der Waals surface area (Å²) in [6.07, 6.45) is 2.87. The lowest BCUT2D eigenvalue weighted by Crippen LogP contribution is -2.27. The van der Waals surface area contributed by atoms with Crippen LogP contribution in [-0.2, 0) is 18.3 Å². The summed E-state index contributed by atoms with van der Waals surface area (Å²) in [5.74, 6) is 0.241. The van der Waals surface area contributed by atoms with E-state index in [4.69, 9.17) is 9.72 Å². The third kappa shape index (κ3) is 4.31. The number of pyridine rings is 1. The van der Waals surface area contributed by atoms with Crippen molar-refractivity contribution in [3.8, 4) is 0 Å². The summed E-state index contributed by atoms with van der Waals surface area (Å²) in [6, 6.07) is 11.9. The molecule has 1 fully saturated rings. The molecule has 7 heteroatoms. The van der Waals surface area contributed by atoms with E-state index in [1.54, 1.807) is 7.11 Å². The maximum atomic E-state index is 12.8. The molecule has 0 radical (unpaired) electrons. The minimum absolute atomic E-state index is 0.0772. The molecule has 0 unspecified atom stereocenters. The number of aryl methyl sites for hydroxylation is 1. The van der Waals surface area contributed by atoms with Crippen molar-refractivity contribution in [2.24, 2.45) is 7.05 Å². The van der Waals surface area contributed by atoms with Gasteiger partial charge in [0, 0.05) is 57.0 Å². The van der Waals surface area contributed by atoms with Crippen molar-refractivity contribution in [2.75, 3.05) is 33.4 Å². The highest BCUT2D eigenvalue weighted by atomic mass is 16.5. The molecule has 29 heavy (non-hydrogen) atoms. The molecule has 3 heterocycles. The van der Waals surface area contributed by atoms with Crippen LogP contribution in [0.1, 0.15) is 34.1 Å². The molecule has 152 valence electrons. The molecule has 3 aromatic rings. The average molecular weight is 393 g/mol. The molecule has 1 aromatic carbocycles. The van der Waals surface area contributed by atoms with Crippen LogP contribution in [0.15, 0.2) is 42.6 Å². The van der Waals surface area contributed by atoms with E-state index in [0.717, 1.165) is 42.7 Å². The van der Waals surface area contributed by atoms with E-state index < -0.39 is 0 Å². The first-order chi connectivity index (χ1) is 14.2. The fourth-order valence-electron chi connectivity index (χ4n) is 3.96. The molecule has 0 bridgehead atoms. The van der Waals surface area contributed by atoms with Crippen LogP contribution in [0.4, 0.5) is 0 Å². The van der Waals surface area contributed by atoms with Gasteiger partial charge in [-0.05, 0) is 31.2 Å². The van der Waals surface area contributed by atoms with Gasteiger partial charge in [0.05, 0.1) is 23.4 Å². The summed E-state index contributed by atoms with van der Waals surface area (Å²) >= 11 is 0. The van der Waals surface area contributed by atoms with Gasteiger partial charge in [-0.1, -0.05) is 18.2 Å². The Morgan fingerprint density at radius 3 is 2.97 bits per heavy atom. The number of nitrogens with one attached hydrogen (secondary N) is 1. The van der Waals surface area contributed by atoms with Crippen LogP contribution in [-0.4, -0.2) is 58.9 Å². The Morgan fingerprint density at radius 1 is 1.31 bits per heavy atom. The van der Waals surface area contributed by atoms with Crippen molar-refractivity contribution >= 4 is 16.8 Å². The van der Waals surface area contributed by atoms with E-state index in [9.17, 15) is 4.79 Å². The SMILES string of the molecule is COCCNC(=O)c1cc([C@H]2CCN(Cc3ccnn3C)C2)nc2ccccc12. The van der Waals surface area contributed by atoms with Crippen LogP contribution in [0.3, 0.4) is 0 Å². The van der Waals surface area contributed by atoms with Crippen LogP contribution in [0.25, 0.3) is 10.9 Å². The number of benzene rings is 1. The van der Waals surface area contributed by atoms with Crippen molar-refractivity contribution in [3.05, 3.63) is 59.5 Å². The molecular weight excluding hydrogens is 366 g/mol. The standard InChI is InChI=1S/C22H27N5O2/c1-26-17(7-9-24-26)15-27-11-8-16(14-27)21-13-19(22(28)23-10-12-29-2)18-5-3-4-6-20(18)25-21/h3-7,9,13,16H,8,10-12,14-15H2,1-2H3,(H,23,28)/t16-/m0/s1. The predicted octanol–water partition coefficient (Wildman–Crippen LogP) is 2.33. The van der Waals surface area contributed by atoms with Crippen LogP contribution in [0.5, 0.6) is 0 Å². The van der Waals surface area contributed by atoms with Crippen molar-refractivity contribution < 1.29 is 9.53 Å². The van der Waals surface area contributed by atoms with E-state index >= 15 is 0 Å². The number of hydrogen-bond donors (Lipinski definition) is 1. The highest BCUT2D eigenvalue weighted by molar-refractivity contribution is 6.06. The van der Waals surface area contributed by atoms with Crippen LogP contribution in [0, 0.1) is 0 Å². The first kappa shape index (κ1) is 19.5. The Bertz CT molecular complexity index is 1000. The van der Waals surface area contributed by atoms with Crippen LogP contribution >= 0.6 is 0 Å². The minimum Gasteiger partial charge on any atom is -0.383 e. The molecule has 4 rings (SSSR count). The van der Waals surface area contributed by atoms with Gasteiger partial charge in [-0.15, -0.1) is 0 Å². The maximum absolute atomic E-state index is 12.8. The summed E-state index contributed by atoms with van der Waals surface area (Å²) in [7, 11) is 3.60. The first-order valence-corrected chi connectivity index (χ1v) is 10.0. The molecule has 1 N–H and O–H groups in total. The number of aromatic nitrogens is 3. The second kappa shape index (κ2) is 8.71. The van der Waals surface area contributed by atoms with Crippen molar-refractivity contribution in [3.63, 3.8) is 0 Å². The Labute approximate surface area is 170 Å². The molecule has 0 saturated carbocycles. The predicted molar refractivity (Wildman–Crippen MR) is 112 cm³/mol. The molecule has 0 aliphatic carbocycles. The monoisotopic (exact) mass is 393 g/mol. The lowest BCUT2D eigenvalue weighted by molar-refractivity contribution is 0.0938. The molecular formula is C22H27N5O2. The average Bonchev–Trinajstić information content (AvgIpc) is 3.37. The Kier molecular flexibility index (Phi) is 5.87. The number of likely N-dealkylation sites (tertiary alicyclic amines) is 1. The molecule has 7 nitrogen and oxygen atoms in total. The van der Waals surface area contributed by atoms with Crippen molar-refractivity contribution in [1.82, 2.24) is 25.0 Å². The molecule has 1 aliphatic heterocycles. The topological polar surface area (TPSA) is 72.3 Å². The Balaban J connectivity index is 1.56. The summed E-state index contributed by atoms with van der Waals surface area (Å²) in [5.41, 5.74) is 3.75. The van der Waals surface area contributed by atoms with Gasteiger partial charge in [-0.2, -0.15) is 5.10 Å². The van der Waals surface area contributed by atoms with Gasteiger partial charge >= 0.3 is 0 Å². The minimum atomic E-state index is -0.0772. The molecule has 1 aliphatic rings. The van der Waals surface area contributed by atoms with Gasteiger partial charge in [0.1, 0.15) is 0 Å². The smallest absolute Gasteiger partial charge is 0.252 e. The Hall–Kier alpha value is -2.77. The van der Waals surface area contributed by atoms with Crippen LogP contribution < -0.4 is 5.32 Å². The molecule has 2 aromatic heterocycles. The largest absolute Gasteiger partial charge is 0.383 e. The van der Waals surface area contributed by atoms with E-state index in [2.05, 4.69) is 21.4 Å². The number of hydrogen-bond acceptors (Lipinski definition) is 5. The number of rotatable bonds is 7. The number of fused-ring (bicyclic) bond motifs is 1. The number of carbonyl (C=O) groups excluding carboxylic acids is 1. The zero-order chi connectivity index (χ0) is 20.2. The van der Waals surface area contributed by atoms with Gasteiger partial charge in [0.25, 0.3) is 5.91 Å². The molecule has 1 saturated heterocycles. The van der Waals surface area contributed by atoms with Gasteiger partial charge in [0.15, 0.2) is 0 Å². The summed E-state index contributed by atoms with van der Waals surface area (Å²) in [5, 5.41) is 8.08. The fourth-order valence-corrected chi connectivity index (χ4v) is 3.96. The zero-order valence-corrected chi connectivity index (χ0v) is 17.0. The second-order valence-corrected chi connectivity index (χ2v) is 7.53. The van der Waals surface area contributed by atoms with Crippen LogP contribution in [0.2, 0.25) is 0 Å². The summed E-state index contributed by atoms with van der Waals surface area (Å²) < 4.78 is 6.97. The number of carbonyl (C=O) groups is 1. The highest BCUT2D eigenvalue weighted by Crippen LogP contribution is 2.30. The van der Waals surface area contributed by atoms with Gasteiger partial charge in [0.2, 0.25) is 0 Å². The van der Waals surface area contributed by atoms with E-state index in [0.29, 0.717) is 24.6 Å². The number of nitrogens with zero attached hydrogens (tertiary/aromatic N) is 4. The third-order valence-corrected chi connectivity index (χ3v) is 5.57. The Morgan fingerprint density at radius 2 is 2.17 bits per heavy atom. The highest BCUT2D eigenvalue weighted by Gasteiger charge is 2.27. The summed E-state index contributed by atoms with van der Waals surface area (Å²) in [6.45, 7) is 3.81. The van der Waals surface area contributed by atoms with Crippen molar-refractivity contribution in [1.29, 1.82) is 0 Å². The number of methoxy groups -OCH3 is 1. The quantitative estimate of drug-likeness (QED) is 0.624. The van der Waals surface area contributed by atoms with E-state index in [1.165, 1.54) is 5.69 Å². The summed E-state index contributed by atoms with van der Waals surface area (Å²) in [4.78, 5) is 20.1. The van der Waals surface area contributed by atoms with Gasteiger partial charge < -0.3 is 10.1 Å². The molecule has 0 spiro atoms. The maximum Gasteiger partial charge on any atom is 0.252 e. The first-order valence-electron chi connectivity index (χ1n) is 10.0. The number of ether oxygens (including phenoxy) is 1. The molecule has 1 amide bonds. The number of para-hydroxylation sites is 1. The third-order valence-electron chi connectivity index (χ3n) is 5.57. The normalized spacial score (nSPS) is 17.1. The molecule has 1 atom stereocenters. The fraction of sp³-hybridized carbons (Fsp3) is 0.409. The van der Waals surface area contributed by atoms with Gasteiger partial charge in [-0.3, -0.25) is 19.4 Å². The van der Waals surface area contributed by atoms with Crippen molar-refractivity contribution in [2.45, 2.75) is 18.9 Å². The van der Waals surface area contributed by atoms with Gasteiger partial charge in [-0.25, -0.2) is 0 Å².